The average molecular weight is 498 g/mol. The third-order valence-electron chi connectivity index (χ3n) is 7.12. The quantitative estimate of drug-likeness (QED) is 0.333. The minimum Gasteiger partial charge on any atom is -0.351 e. The molecule has 6 rings (SSSR count). The van der Waals surface area contributed by atoms with Crippen molar-refractivity contribution in [3.63, 3.8) is 0 Å². The molecule has 3 aromatic carbocycles. The summed E-state index contributed by atoms with van der Waals surface area (Å²) in [6.45, 7) is 0. The van der Waals surface area contributed by atoms with Gasteiger partial charge < -0.3 is 10.2 Å². The van der Waals surface area contributed by atoms with Crippen molar-refractivity contribution in [1.29, 1.82) is 0 Å². The van der Waals surface area contributed by atoms with Crippen molar-refractivity contribution in [2.24, 2.45) is 11.8 Å². The van der Waals surface area contributed by atoms with Gasteiger partial charge in [-0.25, -0.2) is 9.29 Å². The zero-order valence-electron chi connectivity index (χ0n) is 19.2. The summed E-state index contributed by atoms with van der Waals surface area (Å²) >= 11 is 0. The van der Waals surface area contributed by atoms with E-state index in [1.807, 2.05) is 30.3 Å². The van der Waals surface area contributed by atoms with E-state index in [0.29, 0.717) is 11.4 Å². The fraction of sp³-hybridized carbons (Fsp3) is 0.148. The first-order valence-electron chi connectivity index (χ1n) is 11.6. The molecule has 3 aliphatic heterocycles. The number of imide groups is 1. The van der Waals surface area contributed by atoms with Crippen LogP contribution >= 0.6 is 0 Å². The third kappa shape index (κ3) is 3.40. The van der Waals surface area contributed by atoms with Gasteiger partial charge in [0.15, 0.2) is 0 Å². The minimum atomic E-state index is -1.08. The number of nitro groups is 1. The molecule has 0 unspecified atom stereocenters. The number of nitrogens with zero attached hydrogens (tertiary/aromatic N) is 3. The second-order valence-corrected chi connectivity index (χ2v) is 9.07. The second-order valence-electron chi connectivity index (χ2n) is 9.07. The number of halogens is 1. The van der Waals surface area contributed by atoms with Gasteiger partial charge in [0.05, 0.1) is 28.5 Å². The molecule has 184 valence electrons. The lowest BCUT2D eigenvalue weighted by molar-refractivity contribution is -0.384. The number of nitro benzene ring substituents is 1. The molecule has 0 aliphatic carbocycles. The van der Waals surface area contributed by atoms with Gasteiger partial charge in [-0.2, -0.15) is 0 Å². The van der Waals surface area contributed by atoms with Gasteiger partial charge >= 0.3 is 0 Å². The van der Waals surface area contributed by atoms with Crippen molar-refractivity contribution < 1.29 is 23.7 Å². The molecular weight excluding hydrogens is 479 g/mol. The van der Waals surface area contributed by atoms with E-state index in [0.717, 1.165) is 10.5 Å². The minimum absolute atomic E-state index is 0.133. The number of rotatable bonds is 4. The first kappa shape index (κ1) is 22.6. The zero-order chi connectivity index (χ0) is 25.8. The molecule has 10 heteroatoms. The molecule has 3 amide bonds. The Hall–Kier alpha value is -4.86. The summed E-state index contributed by atoms with van der Waals surface area (Å²) in [7, 11) is 0. The Kier molecular flexibility index (Phi) is 5.11. The average Bonchev–Trinajstić information content (AvgIpc) is 3.37. The molecule has 2 saturated heterocycles. The Morgan fingerprint density at radius 2 is 1.54 bits per heavy atom. The van der Waals surface area contributed by atoms with Gasteiger partial charge in [-0.1, -0.05) is 42.5 Å². The zero-order valence-corrected chi connectivity index (χ0v) is 19.2. The highest BCUT2D eigenvalue weighted by Gasteiger charge is 2.64. The van der Waals surface area contributed by atoms with Crippen molar-refractivity contribution in [3.8, 4) is 0 Å². The van der Waals surface area contributed by atoms with Gasteiger partial charge in [-0.3, -0.25) is 24.5 Å². The van der Waals surface area contributed by atoms with E-state index < -0.39 is 52.4 Å². The number of para-hydroxylation sites is 2. The highest BCUT2D eigenvalue weighted by atomic mass is 19.1. The number of carbonyl (C=O) groups excluding carboxylic acids is 3. The Labute approximate surface area is 209 Å². The van der Waals surface area contributed by atoms with Gasteiger partial charge in [0.1, 0.15) is 11.9 Å². The first-order chi connectivity index (χ1) is 17.9. The van der Waals surface area contributed by atoms with E-state index in [9.17, 15) is 28.9 Å². The number of nitrogens with one attached hydrogen (secondary N) is 1. The van der Waals surface area contributed by atoms with Crippen molar-refractivity contribution in [2.75, 3.05) is 15.1 Å². The van der Waals surface area contributed by atoms with Crippen LogP contribution in [-0.4, -0.2) is 34.7 Å². The highest BCUT2D eigenvalue weighted by Crippen LogP contribution is 2.49. The number of amides is 3. The Morgan fingerprint density at radius 3 is 2.24 bits per heavy atom. The topological polar surface area (TPSA) is 113 Å². The number of benzene rings is 3. The van der Waals surface area contributed by atoms with Gasteiger partial charge in [-0.15, -0.1) is 0 Å². The molecule has 0 bridgehead atoms. The summed E-state index contributed by atoms with van der Waals surface area (Å²) < 4.78 is 14.6. The highest BCUT2D eigenvalue weighted by molar-refractivity contribution is 6.25. The molecule has 3 heterocycles. The maximum atomic E-state index is 14.6. The SMILES string of the molecule is O=C(Nc1ccc([N+](=O)[O-])cc1)[C@@H]1[C@H]2C(=O)N(c3ccccc3F)C(=O)[C@@H]2[C@@H]2C=Cc3ccccc3N12. The maximum Gasteiger partial charge on any atom is 0.269 e. The molecule has 0 aromatic heterocycles. The van der Waals surface area contributed by atoms with Gasteiger partial charge in [0.2, 0.25) is 17.7 Å². The van der Waals surface area contributed by atoms with E-state index in [1.54, 1.807) is 11.0 Å². The second kappa shape index (κ2) is 8.37. The number of carbonyl (C=O) groups is 3. The van der Waals surface area contributed by atoms with Crippen LogP contribution < -0.4 is 15.1 Å². The van der Waals surface area contributed by atoms with Crippen LogP contribution in [-0.2, 0) is 14.4 Å². The standard InChI is InChI=1S/C27H19FN4O5/c28-18-6-2-4-8-20(18)31-26(34)22-21-14-9-15-5-1-3-7-19(15)30(21)24(23(22)27(31)35)25(33)29-16-10-12-17(13-11-16)32(36)37/h1-14,21-24H,(H,29,33)/t21-,22+,23-,24-/m0/s1. The molecule has 0 radical (unpaired) electrons. The first-order valence-corrected chi connectivity index (χ1v) is 11.6. The van der Waals surface area contributed by atoms with Crippen LogP contribution in [0.3, 0.4) is 0 Å². The Bertz CT molecular complexity index is 1500. The lowest BCUT2D eigenvalue weighted by Crippen LogP contribution is -2.50. The fourth-order valence-corrected chi connectivity index (χ4v) is 5.57. The van der Waals surface area contributed by atoms with Crippen LogP contribution in [0.25, 0.3) is 6.08 Å². The summed E-state index contributed by atoms with van der Waals surface area (Å²) in [4.78, 5) is 54.2. The predicted molar refractivity (Wildman–Crippen MR) is 133 cm³/mol. The van der Waals surface area contributed by atoms with Crippen LogP contribution in [0.5, 0.6) is 0 Å². The molecule has 0 saturated carbocycles. The Balaban J connectivity index is 1.42. The summed E-state index contributed by atoms with van der Waals surface area (Å²) in [6, 6.07) is 16.5. The lowest BCUT2D eigenvalue weighted by Gasteiger charge is -2.36. The smallest absolute Gasteiger partial charge is 0.269 e. The van der Waals surface area contributed by atoms with Crippen molar-refractivity contribution in [2.45, 2.75) is 12.1 Å². The number of anilines is 3. The van der Waals surface area contributed by atoms with Crippen molar-refractivity contribution in [3.05, 3.63) is 100 Å². The molecule has 3 aromatic rings. The van der Waals surface area contributed by atoms with E-state index in [-0.39, 0.29) is 11.4 Å². The normalized spacial score (nSPS) is 23.5. The van der Waals surface area contributed by atoms with Gasteiger partial charge in [0.25, 0.3) is 5.69 Å². The van der Waals surface area contributed by atoms with E-state index in [4.69, 9.17) is 0 Å². The number of non-ortho nitro benzene ring substituents is 1. The van der Waals surface area contributed by atoms with Gasteiger partial charge in [0, 0.05) is 23.5 Å². The number of hydrogen-bond donors (Lipinski definition) is 1. The monoisotopic (exact) mass is 498 g/mol. The summed E-state index contributed by atoms with van der Waals surface area (Å²) in [5, 5.41) is 13.7. The largest absolute Gasteiger partial charge is 0.351 e. The molecule has 4 atom stereocenters. The van der Waals surface area contributed by atoms with E-state index >= 15 is 0 Å². The molecule has 37 heavy (non-hydrogen) atoms. The van der Waals surface area contributed by atoms with Crippen molar-refractivity contribution in [1.82, 2.24) is 0 Å². The van der Waals surface area contributed by atoms with Gasteiger partial charge in [-0.05, 0) is 35.9 Å². The number of fused-ring (bicyclic) bond motifs is 5. The molecule has 1 N–H and O–H groups in total. The summed E-state index contributed by atoms with van der Waals surface area (Å²) in [6.07, 6.45) is 3.66. The summed E-state index contributed by atoms with van der Waals surface area (Å²) in [5.74, 6) is -4.44. The summed E-state index contributed by atoms with van der Waals surface area (Å²) in [5.41, 5.74) is 1.56. The molecular formula is C27H19FN4O5. The van der Waals surface area contributed by atoms with E-state index in [2.05, 4.69) is 5.32 Å². The molecule has 0 spiro atoms. The van der Waals surface area contributed by atoms with Crippen LogP contribution in [0.1, 0.15) is 5.56 Å². The number of hydrogen-bond acceptors (Lipinski definition) is 6. The van der Waals surface area contributed by atoms with Crippen LogP contribution in [0, 0.1) is 27.8 Å². The van der Waals surface area contributed by atoms with Crippen LogP contribution in [0.4, 0.5) is 27.1 Å². The third-order valence-corrected chi connectivity index (χ3v) is 7.12. The van der Waals surface area contributed by atoms with E-state index in [1.165, 1.54) is 48.5 Å². The molecule has 2 fully saturated rings. The predicted octanol–water partition coefficient (Wildman–Crippen LogP) is 3.76. The van der Waals surface area contributed by atoms with Crippen LogP contribution in [0.15, 0.2) is 78.9 Å². The Morgan fingerprint density at radius 1 is 0.892 bits per heavy atom. The fourth-order valence-electron chi connectivity index (χ4n) is 5.57. The molecule has 9 nitrogen and oxygen atoms in total. The van der Waals surface area contributed by atoms with Crippen LogP contribution in [0.2, 0.25) is 0 Å². The molecule has 3 aliphatic rings. The maximum absolute atomic E-state index is 14.6. The van der Waals surface area contributed by atoms with Crippen molar-refractivity contribution >= 4 is 46.5 Å². The lowest BCUT2D eigenvalue weighted by atomic mass is 9.88.